The summed E-state index contributed by atoms with van der Waals surface area (Å²) < 4.78 is 37.9. The minimum atomic E-state index is -4.79. The monoisotopic (exact) mass is 319 g/mol. The predicted octanol–water partition coefficient (Wildman–Crippen LogP) is 2.03. The Morgan fingerprint density at radius 2 is 1.95 bits per heavy atom. The van der Waals surface area contributed by atoms with Crippen LogP contribution in [-0.4, -0.2) is 33.0 Å². The van der Waals surface area contributed by atoms with Crippen molar-refractivity contribution in [2.45, 2.75) is 39.4 Å². The fourth-order valence-corrected chi connectivity index (χ4v) is 1.71. The van der Waals surface area contributed by atoms with Gasteiger partial charge in [-0.1, -0.05) is 20.3 Å². The van der Waals surface area contributed by atoms with E-state index in [2.05, 4.69) is 15.3 Å². The molecule has 0 aliphatic carbocycles. The minimum absolute atomic E-state index is 0.0390. The van der Waals surface area contributed by atoms with E-state index < -0.39 is 35.6 Å². The summed E-state index contributed by atoms with van der Waals surface area (Å²) in [5.41, 5.74) is -0.558. The van der Waals surface area contributed by atoms with Crippen LogP contribution < -0.4 is 5.32 Å². The Labute approximate surface area is 124 Å². The van der Waals surface area contributed by atoms with Crippen LogP contribution in [0.25, 0.3) is 0 Å². The van der Waals surface area contributed by atoms with Crippen molar-refractivity contribution in [3.8, 4) is 0 Å². The number of alkyl halides is 3. The lowest BCUT2D eigenvalue weighted by atomic mass is 9.99. The predicted molar refractivity (Wildman–Crippen MR) is 70.1 cm³/mol. The van der Waals surface area contributed by atoms with Gasteiger partial charge in [-0.25, -0.2) is 14.8 Å². The molecule has 1 aromatic rings. The maximum Gasteiger partial charge on any atom is 0.451 e. The fraction of sp³-hybridized carbons (Fsp3) is 0.538. The largest absolute Gasteiger partial charge is 0.480 e. The molecule has 0 aromatic carbocycles. The lowest BCUT2D eigenvalue weighted by molar-refractivity contribution is -0.145. The molecule has 0 saturated heterocycles. The van der Waals surface area contributed by atoms with E-state index in [0.29, 0.717) is 6.42 Å². The zero-order chi connectivity index (χ0) is 17.1. The van der Waals surface area contributed by atoms with Crippen molar-refractivity contribution >= 4 is 11.9 Å². The summed E-state index contributed by atoms with van der Waals surface area (Å²) in [4.78, 5) is 29.5. The summed E-state index contributed by atoms with van der Waals surface area (Å²) >= 11 is 0. The molecule has 2 N–H and O–H groups in total. The van der Waals surface area contributed by atoms with Gasteiger partial charge in [0, 0.05) is 5.69 Å². The summed E-state index contributed by atoms with van der Waals surface area (Å²) in [6, 6.07) is -0.137. The number of carbonyl (C=O) groups is 2. The molecule has 1 aromatic heterocycles. The molecule has 0 spiro atoms. The minimum Gasteiger partial charge on any atom is -0.480 e. The zero-order valence-electron chi connectivity index (χ0n) is 12.2. The number of carbonyl (C=O) groups excluding carboxylic acids is 1. The summed E-state index contributed by atoms with van der Waals surface area (Å²) in [6.45, 7) is 4.64. The van der Waals surface area contributed by atoms with E-state index in [4.69, 9.17) is 5.11 Å². The molecule has 122 valence electrons. The Bertz CT molecular complexity index is 575. The van der Waals surface area contributed by atoms with Gasteiger partial charge in [0.15, 0.2) is 0 Å². The number of aliphatic carboxylic acids is 1. The van der Waals surface area contributed by atoms with Crippen molar-refractivity contribution in [1.29, 1.82) is 0 Å². The molecule has 0 saturated carbocycles. The van der Waals surface area contributed by atoms with Crippen molar-refractivity contribution < 1.29 is 27.9 Å². The smallest absolute Gasteiger partial charge is 0.451 e. The fourth-order valence-electron chi connectivity index (χ4n) is 1.71. The van der Waals surface area contributed by atoms with Crippen LogP contribution in [-0.2, 0) is 11.0 Å². The first-order valence-corrected chi connectivity index (χ1v) is 6.52. The number of hydrogen-bond donors (Lipinski definition) is 2. The highest BCUT2D eigenvalue weighted by Gasteiger charge is 2.36. The van der Waals surface area contributed by atoms with E-state index in [1.807, 2.05) is 0 Å². The number of amides is 1. The van der Waals surface area contributed by atoms with Crippen molar-refractivity contribution in [3.63, 3.8) is 0 Å². The molecule has 0 fully saturated rings. The van der Waals surface area contributed by atoms with Gasteiger partial charge >= 0.3 is 12.1 Å². The maximum absolute atomic E-state index is 12.6. The molecular weight excluding hydrogens is 303 g/mol. The van der Waals surface area contributed by atoms with Crippen LogP contribution in [0.15, 0.2) is 6.07 Å². The molecule has 0 bridgehead atoms. The molecule has 2 atom stereocenters. The first-order valence-electron chi connectivity index (χ1n) is 6.52. The second-order valence-corrected chi connectivity index (χ2v) is 4.89. The molecule has 22 heavy (non-hydrogen) atoms. The van der Waals surface area contributed by atoms with E-state index in [0.717, 1.165) is 6.07 Å². The van der Waals surface area contributed by atoms with Crippen molar-refractivity contribution in [1.82, 2.24) is 15.3 Å². The number of aryl methyl sites for hydroxylation is 1. The SMILES string of the molecule is CC[C@H](C)[C@H](NC(=O)c1cc(C)nc(C(F)(F)F)n1)C(=O)O. The number of carboxylic acids is 1. The molecule has 6 nitrogen and oxygen atoms in total. The van der Waals surface area contributed by atoms with Gasteiger partial charge in [-0.05, 0) is 18.9 Å². The second-order valence-electron chi connectivity index (χ2n) is 4.89. The number of nitrogens with one attached hydrogen (secondary N) is 1. The van der Waals surface area contributed by atoms with Crippen LogP contribution >= 0.6 is 0 Å². The number of nitrogens with zero attached hydrogens (tertiary/aromatic N) is 2. The third kappa shape index (κ3) is 4.40. The van der Waals surface area contributed by atoms with Gasteiger partial charge in [0.1, 0.15) is 11.7 Å². The summed E-state index contributed by atoms with van der Waals surface area (Å²) in [5, 5.41) is 11.3. The average molecular weight is 319 g/mol. The third-order valence-corrected chi connectivity index (χ3v) is 3.11. The lowest BCUT2D eigenvalue weighted by Gasteiger charge is -2.20. The van der Waals surface area contributed by atoms with E-state index in [1.165, 1.54) is 6.92 Å². The molecule has 0 aliphatic rings. The molecule has 0 aliphatic heterocycles. The van der Waals surface area contributed by atoms with Crippen molar-refractivity contribution in [2.24, 2.45) is 5.92 Å². The number of halogens is 3. The van der Waals surface area contributed by atoms with E-state index in [-0.39, 0.29) is 11.6 Å². The van der Waals surface area contributed by atoms with Gasteiger partial charge < -0.3 is 10.4 Å². The van der Waals surface area contributed by atoms with Gasteiger partial charge in [0.2, 0.25) is 5.82 Å². The van der Waals surface area contributed by atoms with E-state index in [9.17, 15) is 22.8 Å². The first-order chi connectivity index (χ1) is 10.1. The normalized spacial score (nSPS) is 14.3. The van der Waals surface area contributed by atoms with Crippen LogP contribution in [0, 0.1) is 12.8 Å². The maximum atomic E-state index is 12.6. The van der Waals surface area contributed by atoms with Crippen LogP contribution in [0.3, 0.4) is 0 Å². The second kappa shape index (κ2) is 6.71. The number of aromatic nitrogens is 2. The van der Waals surface area contributed by atoms with Gasteiger partial charge in [-0.2, -0.15) is 13.2 Å². The topological polar surface area (TPSA) is 92.2 Å². The lowest BCUT2D eigenvalue weighted by Crippen LogP contribution is -2.45. The Morgan fingerprint density at radius 1 is 1.36 bits per heavy atom. The Morgan fingerprint density at radius 3 is 2.41 bits per heavy atom. The van der Waals surface area contributed by atoms with Crippen LogP contribution in [0.1, 0.15) is 42.3 Å². The highest BCUT2D eigenvalue weighted by atomic mass is 19.4. The van der Waals surface area contributed by atoms with Crippen molar-refractivity contribution in [2.75, 3.05) is 0 Å². The quantitative estimate of drug-likeness (QED) is 0.866. The Kier molecular flexibility index (Phi) is 5.45. The third-order valence-electron chi connectivity index (χ3n) is 3.11. The average Bonchev–Trinajstić information content (AvgIpc) is 2.41. The van der Waals surface area contributed by atoms with Crippen molar-refractivity contribution in [3.05, 3.63) is 23.3 Å². The van der Waals surface area contributed by atoms with Gasteiger partial charge in [0.05, 0.1) is 0 Å². The first kappa shape index (κ1) is 17.9. The molecule has 1 heterocycles. The van der Waals surface area contributed by atoms with Crippen LogP contribution in [0.4, 0.5) is 13.2 Å². The van der Waals surface area contributed by atoms with Gasteiger partial charge in [0.25, 0.3) is 5.91 Å². The number of rotatable bonds is 5. The summed E-state index contributed by atoms with van der Waals surface area (Å²) in [7, 11) is 0. The molecule has 0 radical (unpaired) electrons. The Hall–Kier alpha value is -2.19. The van der Waals surface area contributed by atoms with Crippen LogP contribution in [0.5, 0.6) is 0 Å². The highest BCUT2D eigenvalue weighted by Crippen LogP contribution is 2.26. The Balaban J connectivity index is 3.07. The molecular formula is C13H16F3N3O3. The zero-order valence-corrected chi connectivity index (χ0v) is 12.2. The molecule has 9 heteroatoms. The number of carboxylic acid groups (broad SMARTS) is 1. The van der Waals surface area contributed by atoms with E-state index in [1.54, 1.807) is 13.8 Å². The molecule has 0 unspecified atom stereocenters. The molecule has 1 rings (SSSR count). The van der Waals surface area contributed by atoms with E-state index >= 15 is 0 Å². The highest BCUT2D eigenvalue weighted by molar-refractivity contribution is 5.95. The summed E-state index contributed by atoms with van der Waals surface area (Å²) in [5.74, 6) is -4.06. The standard InChI is InChI=1S/C13H16F3N3O3/c1-4-6(2)9(11(21)22)19-10(20)8-5-7(3)17-12(18-8)13(14,15)16/h5-6,9H,4H2,1-3H3,(H,19,20)(H,21,22)/t6-,9-/m0/s1. The summed E-state index contributed by atoms with van der Waals surface area (Å²) in [6.07, 6.45) is -4.31. The molecule has 1 amide bonds. The van der Waals surface area contributed by atoms with Gasteiger partial charge in [-0.15, -0.1) is 0 Å². The van der Waals surface area contributed by atoms with Crippen LogP contribution in [0.2, 0.25) is 0 Å². The number of hydrogen-bond acceptors (Lipinski definition) is 4. The van der Waals surface area contributed by atoms with Gasteiger partial charge in [-0.3, -0.25) is 4.79 Å².